The van der Waals surface area contributed by atoms with Crippen LogP contribution >= 0.6 is 11.3 Å². The van der Waals surface area contributed by atoms with Crippen LogP contribution in [-0.2, 0) is 6.54 Å². The van der Waals surface area contributed by atoms with Gasteiger partial charge in [0.15, 0.2) is 0 Å². The number of piperidine rings is 1. The summed E-state index contributed by atoms with van der Waals surface area (Å²) in [5, 5.41) is 12.6. The van der Waals surface area contributed by atoms with Crippen LogP contribution in [0.4, 0.5) is 5.69 Å². The molecule has 0 bridgehead atoms. The normalized spacial score (nSPS) is 21.7. The van der Waals surface area contributed by atoms with Crippen molar-refractivity contribution in [3.8, 4) is 5.75 Å². The molecular weight excluding hydrogens is 418 g/mol. The molecule has 1 fully saturated rings. The second kappa shape index (κ2) is 9.35. The van der Waals surface area contributed by atoms with Gasteiger partial charge < -0.3 is 20.7 Å². The van der Waals surface area contributed by atoms with Crippen molar-refractivity contribution in [2.75, 3.05) is 18.5 Å². The minimum Gasteiger partial charge on any atom is -0.494 e. The summed E-state index contributed by atoms with van der Waals surface area (Å²) in [5.74, 6) is 1.31. The van der Waals surface area contributed by atoms with Crippen molar-refractivity contribution in [1.29, 1.82) is 0 Å². The Morgan fingerprint density at radius 1 is 1.16 bits per heavy atom. The lowest BCUT2D eigenvalue weighted by atomic mass is 9.75. The van der Waals surface area contributed by atoms with E-state index >= 15 is 0 Å². The van der Waals surface area contributed by atoms with Crippen molar-refractivity contribution in [3.63, 3.8) is 0 Å². The molecule has 0 radical (unpaired) electrons. The highest BCUT2D eigenvalue weighted by molar-refractivity contribution is 7.09. The van der Waals surface area contributed by atoms with E-state index in [-0.39, 0.29) is 18.0 Å². The molecule has 5 rings (SSSR count). The van der Waals surface area contributed by atoms with E-state index in [0.717, 1.165) is 35.7 Å². The molecule has 1 unspecified atom stereocenters. The second-order valence-corrected chi connectivity index (χ2v) is 9.46. The summed E-state index contributed by atoms with van der Waals surface area (Å²) >= 11 is 1.66. The summed E-state index contributed by atoms with van der Waals surface area (Å²) in [6, 6.07) is 19.0. The first-order valence-corrected chi connectivity index (χ1v) is 12.3. The third kappa shape index (κ3) is 4.25. The van der Waals surface area contributed by atoms with Crippen LogP contribution in [0.1, 0.15) is 58.2 Å². The van der Waals surface area contributed by atoms with Crippen LogP contribution in [0, 0.1) is 5.92 Å². The van der Waals surface area contributed by atoms with Gasteiger partial charge in [-0.05, 0) is 79.2 Å². The molecule has 0 spiro atoms. The van der Waals surface area contributed by atoms with E-state index < -0.39 is 0 Å². The number of anilines is 1. The molecular formula is C26H29N3O2S. The highest BCUT2D eigenvalue weighted by Gasteiger charge is 2.39. The van der Waals surface area contributed by atoms with Gasteiger partial charge in [-0.25, -0.2) is 0 Å². The summed E-state index contributed by atoms with van der Waals surface area (Å²) in [4.78, 5) is 14.0. The monoisotopic (exact) mass is 447 g/mol. The van der Waals surface area contributed by atoms with Gasteiger partial charge in [-0.1, -0.05) is 18.2 Å². The predicted molar refractivity (Wildman–Crippen MR) is 129 cm³/mol. The Bertz CT molecular complexity index is 1070. The highest BCUT2D eigenvalue weighted by atomic mass is 32.1. The van der Waals surface area contributed by atoms with Crippen molar-refractivity contribution in [1.82, 2.24) is 10.6 Å². The first-order valence-electron chi connectivity index (χ1n) is 11.4. The summed E-state index contributed by atoms with van der Waals surface area (Å²) in [6.45, 7) is 4.25. The molecule has 2 aliphatic heterocycles. The number of carbonyl (C=O) groups is 1. The minimum atomic E-state index is -0.0257. The third-order valence-electron chi connectivity index (χ3n) is 6.45. The van der Waals surface area contributed by atoms with Crippen molar-refractivity contribution in [2.24, 2.45) is 5.92 Å². The lowest BCUT2D eigenvalue weighted by Gasteiger charge is -2.44. The van der Waals surface area contributed by atoms with Crippen LogP contribution in [0.5, 0.6) is 5.75 Å². The van der Waals surface area contributed by atoms with Gasteiger partial charge in [-0.15, -0.1) is 11.3 Å². The zero-order chi connectivity index (χ0) is 21.9. The molecule has 5 nitrogen and oxygen atoms in total. The number of nitrogens with one attached hydrogen (secondary N) is 3. The SMILES string of the molecule is CCOc1ccc(C2Nc3ccc(C(=O)NCc4cccs4)cc3[C@H]3NCCC[C@@H]23)cc1. The van der Waals surface area contributed by atoms with E-state index in [1.54, 1.807) is 11.3 Å². The molecule has 0 saturated carbocycles. The zero-order valence-electron chi connectivity index (χ0n) is 18.3. The number of carbonyl (C=O) groups excluding carboxylic acids is 1. The van der Waals surface area contributed by atoms with E-state index in [1.807, 2.05) is 30.5 Å². The van der Waals surface area contributed by atoms with Gasteiger partial charge in [0.1, 0.15) is 5.75 Å². The van der Waals surface area contributed by atoms with Crippen LogP contribution in [-0.4, -0.2) is 19.1 Å². The van der Waals surface area contributed by atoms with E-state index in [2.05, 4.69) is 52.3 Å². The molecule has 1 aromatic heterocycles. The third-order valence-corrected chi connectivity index (χ3v) is 7.32. The Labute approximate surface area is 193 Å². The fourth-order valence-corrected chi connectivity index (χ4v) is 5.58. The van der Waals surface area contributed by atoms with Crippen molar-refractivity contribution >= 4 is 22.9 Å². The highest BCUT2D eigenvalue weighted by Crippen LogP contribution is 2.47. The smallest absolute Gasteiger partial charge is 0.251 e. The van der Waals surface area contributed by atoms with Gasteiger partial charge in [0, 0.05) is 28.1 Å². The molecule has 2 aromatic carbocycles. The maximum Gasteiger partial charge on any atom is 0.251 e. The van der Waals surface area contributed by atoms with Crippen molar-refractivity contribution < 1.29 is 9.53 Å². The topological polar surface area (TPSA) is 62.4 Å². The summed E-state index contributed by atoms with van der Waals surface area (Å²) in [5.41, 5.74) is 4.29. The largest absolute Gasteiger partial charge is 0.494 e. The van der Waals surface area contributed by atoms with Gasteiger partial charge in [0.05, 0.1) is 19.2 Å². The maximum atomic E-state index is 12.8. The first-order chi connectivity index (χ1) is 15.7. The number of ether oxygens (including phenoxy) is 1. The standard InChI is InChI=1S/C26H29N3O2S/c1-2-31-19-10-7-17(8-11-19)24-21-6-3-13-27-25(21)22-15-18(9-12-23(22)29-24)26(30)28-16-20-5-4-14-32-20/h4-5,7-12,14-15,21,24-25,27,29H,2-3,6,13,16H2,1H3,(H,28,30)/t21-,24?,25-/m0/s1. The van der Waals surface area contributed by atoms with E-state index in [0.29, 0.717) is 24.6 Å². The summed E-state index contributed by atoms with van der Waals surface area (Å²) in [6.07, 6.45) is 2.31. The van der Waals surface area contributed by atoms with Gasteiger partial charge in [0.25, 0.3) is 5.91 Å². The minimum absolute atomic E-state index is 0.0257. The number of thiophene rings is 1. The Morgan fingerprint density at radius 2 is 2.03 bits per heavy atom. The quantitative estimate of drug-likeness (QED) is 0.481. The molecule has 0 aliphatic carbocycles. The van der Waals surface area contributed by atoms with Gasteiger partial charge in [-0.2, -0.15) is 0 Å². The van der Waals surface area contributed by atoms with Crippen LogP contribution in [0.3, 0.4) is 0 Å². The lowest BCUT2D eigenvalue weighted by molar-refractivity contribution is 0.0951. The molecule has 32 heavy (non-hydrogen) atoms. The number of amides is 1. The molecule has 3 atom stereocenters. The molecule has 3 N–H and O–H groups in total. The number of hydrogen-bond donors (Lipinski definition) is 3. The Morgan fingerprint density at radius 3 is 2.81 bits per heavy atom. The van der Waals surface area contributed by atoms with Crippen LogP contribution in [0.15, 0.2) is 60.0 Å². The lowest BCUT2D eigenvalue weighted by Crippen LogP contribution is -2.42. The molecule has 3 heterocycles. The Balaban J connectivity index is 1.39. The Hall–Kier alpha value is -2.83. The van der Waals surface area contributed by atoms with Crippen LogP contribution in [0.2, 0.25) is 0 Å². The number of hydrogen-bond acceptors (Lipinski definition) is 5. The molecule has 2 aliphatic rings. The number of fused-ring (bicyclic) bond motifs is 3. The van der Waals surface area contributed by atoms with Gasteiger partial charge in [0.2, 0.25) is 0 Å². The number of benzene rings is 2. The number of rotatable bonds is 6. The first kappa shape index (κ1) is 21.0. The van der Waals surface area contributed by atoms with E-state index in [1.165, 1.54) is 11.1 Å². The maximum absolute atomic E-state index is 12.8. The van der Waals surface area contributed by atoms with Gasteiger partial charge in [-0.3, -0.25) is 4.79 Å². The zero-order valence-corrected chi connectivity index (χ0v) is 19.1. The van der Waals surface area contributed by atoms with Crippen molar-refractivity contribution in [3.05, 3.63) is 81.5 Å². The second-order valence-electron chi connectivity index (χ2n) is 8.43. The average molecular weight is 448 g/mol. The fourth-order valence-electron chi connectivity index (χ4n) is 4.93. The molecule has 6 heteroatoms. The van der Waals surface area contributed by atoms with E-state index in [9.17, 15) is 4.79 Å². The van der Waals surface area contributed by atoms with Crippen LogP contribution in [0.25, 0.3) is 0 Å². The molecule has 1 saturated heterocycles. The van der Waals surface area contributed by atoms with E-state index in [4.69, 9.17) is 4.74 Å². The van der Waals surface area contributed by atoms with Crippen LogP contribution < -0.4 is 20.7 Å². The molecule has 3 aromatic rings. The molecule has 1 amide bonds. The molecule has 166 valence electrons. The summed E-state index contributed by atoms with van der Waals surface area (Å²) < 4.78 is 5.62. The fraction of sp³-hybridized carbons (Fsp3) is 0.346. The Kier molecular flexibility index (Phi) is 6.14. The predicted octanol–water partition coefficient (Wildman–Crippen LogP) is 5.28. The average Bonchev–Trinajstić information content (AvgIpc) is 3.36. The van der Waals surface area contributed by atoms with Gasteiger partial charge >= 0.3 is 0 Å². The van der Waals surface area contributed by atoms with Crippen molar-refractivity contribution in [2.45, 2.75) is 38.4 Å². The summed E-state index contributed by atoms with van der Waals surface area (Å²) in [7, 11) is 0.